The molecule has 0 bridgehead atoms. The number of thiocarbonyl (C=S) groups is 1. The summed E-state index contributed by atoms with van der Waals surface area (Å²) in [5, 5.41) is 11.5. The van der Waals surface area contributed by atoms with Gasteiger partial charge in [0.25, 0.3) is 11.8 Å². The highest BCUT2D eigenvalue weighted by Gasteiger charge is 2.44. The molecule has 2 aliphatic rings. The molecule has 0 unspecified atom stereocenters. The predicted octanol–water partition coefficient (Wildman–Crippen LogP) is 1.01. The third kappa shape index (κ3) is 2.65. The number of hydrogen-bond donors (Lipinski definition) is 0. The van der Waals surface area contributed by atoms with Gasteiger partial charge in [-0.25, -0.2) is 0 Å². The summed E-state index contributed by atoms with van der Waals surface area (Å²) in [6, 6.07) is 5.97. The van der Waals surface area contributed by atoms with Gasteiger partial charge in [-0.3, -0.25) is 14.5 Å². The zero-order chi connectivity index (χ0) is 18.5. The zero-order valence-electron chi connectivity index (χ0n) is 13.8. The molecule has 0 saturated carbocycles. The van der Waals surface area contributed by atoms with Gasteiger partial charge in [0.15, 0.2) is 0 Å². The summed E-state index contributed by atoms with van der Waals surface area (Å²) in [4.78, 5) is 39.8. The first kappa shape index (κ1) is 17.6. The molecule has 0 spiro atoms. The van der Waals surface area contributed by atoms with E-state index in [4.69, 9.17) is 12.2 Å². The molecule has 0 aromatic heterocycles. The SMILES string of the molecule is CC(C)[C@@H](C(=O)[O-])N1C(=O)/C(=C2\C(=O)N(C)c3ccccc32)SC1=S. The van der Waals surface area contributed by atoms with Gasteiger partial charge in [0, 0.05) is 12.6 Å². The number of hydrogen-bond acceptors (Lipinski definition) is 6. The van der Waals surface area contributed by atoms with Crippen LogP contribution in [0.15, 0.2) is 29.2 Å². The number of carboxylic acid groups (broad SMARTS) is 1. The largest absolute Gasteiger partial charge is 0.548 e. The van der Waals surface area contributed by atoms with Crippen molar-refractivity contribution in [2.24, 2.45) is 5.92 Å². The van der Waals surface area contributed by atoms with Gasteiger partial charge in [0.2, 0.25) is 0 Å². The highest BCUT2D eigenvalue weighted by atomic mass is 32.2. The van der Waals surface area contributed by atoms with Crippen LogP contribution in [0.25, 0.3) is 5.57 Å². The second-order valence-electron chi connectivity index (χ2n) is 6.14. The van der Waals surface area contributed by atoms with Crippen molar-refractivity contribution >= 4 is 57.3 Å². The number of amides is 2. The molecule has 1 atom stereocenters. The van der Waals surface area contributed by atoms with Gasteiger partial charge in [-0.2, -0.15) is 0 Å². The summed E-state index contributed by atoms with van der Waals surface area (Å²) < 4.78 is 0.121. The molecule has 0 N–H and O–H groups in total. The number of rotatable bonds is 3. The maximum Gasteiger partial charge on any atom is 0.267 e. The fourth-order valence-electron chi connectivity index (χ4n) is 3.04. The number of benzene rings is 1. The minimum atomic E-state index is -1.37. The van der Waals surface area contributed by atoms with E-state index in [2.05, 4.69) is 0 Å². The van der Waals surface area contributed by atoms with Crippen LogP contribution in [-0.4, -0.2) is 40.1 Å². The number of para-hydroxylation sites is 1. The lowest BCUT2D eigenvalue weighted by atomic mass is 10.0. The Hall–Kier alpha value is -2.19. The van der Waals surface area contributed by atoms with Crippen molar-refractivity contribution < 1.29 is 19.5 Å². The quantitative estimate of drug-likeness (QED) is 0.579. The van der Waals surface area contributed by atoms with Crippen LogP contribution >= 0.6 is 24.0 Å². The van der Waals surface area contributed by atoms with Crippen molar-refractivity contribution in [3.8, 4) is 0 Å². The standard InChI is InChI=1S/C17H16N2O4S2/c1-8(2)12(16(22)23)19-15(21)13(25-17(19)24)11-9-6-4-5-7-10(9)18(3)14(11)20/h4-8,12H,1-3H3,(H,22,23)/p-1/b13-11+/t12-/m0/s1. The molecule has 6 nitrogen and oxygen atoms in total. The molecule has 3 rings (SSSR count). The van der Waals surface area contributed by atoms with E-state index in [1.807, 2.05) is 6.07 Å². The van der Waals surface area contributed by atoms with Crippen molar-refractivity contribution in [2.75, 3.05) is 11.9 Å². The summed E-state index contributed by atoms with van der Waals surface area (Å²) in [5.41, 5.74) is 1.61. The molecular formula is C17H15N2O4S2-. The Balaban J connectivity index is 2.13. The minimum Gasteiger partial charge on any atom is -0.548 e. The molecular weight excluding hydrogens is 360 g/mol. The van der Waals surface area contributed by atoms with Crippen molar-refractivity contribution in [2.45, 2.75) is 19.9 Å². The lowest BCUT2D eigenvalue weighted by molar-refractivity contribution is -0.311. The number of aliphatic carboxylic acids is 1. The predicted molar refractivity (Wildman–Crippen MR) is 97.4 cm³/mol. The van der Waals surface area contributed by atoms with Crippen LogP contribution in [0.3, 0.4) is 0 Å². The fourth-order valence-corrected chi connectivity index (χ4v) is 4.44. The Kier molecular flexibility index (Phi) is 4.42. The van der Waals surface area contributed by atoms with Crippen molar-refractivity contribution in [1.29, 1.82) is 0 Å². The van der Waals surface area contributed by atoms with E-state index < -0.39 is 17.9 Å². The molecule has 1 fully saturated rings. The average molecular weight is 375 g/mol. The van der Waals surface area contributed by atoms with E-state index in [-0.39, 0.29) is 26.6 Å². The normalized spacial score (nSPS) is 21.4. The number of likely N-dealkylation sites (N-methyl/N-ethyl adjacent to an activating group) is 1. The monoisotopic (exact) mass is 375 g/mol. The molecule has 0 aliphatic carbocycles. The van der Waals surface area contributed by atoms with Crippen LogP contribution in [0.2, 0.25) is 0 Å². The van der Waals surface area contributed by atoms with Crippen molar-refractivity contribution in [3.63, 3.8) is 0 Å². The molecule has 2 amide bonds. The molecule has 1 aromatic carbocycles. The number of anilines is 1. The van der Waals surface area contributed by atoms with E-state index >= 15 is 0 Å². The van der Waals surface area contributed by atoms with Gasteiger partial charge in [0.1, 0.15) is 4.32 Å². The second kappa shape index (κ2) is 6.27. The van der Waals surface area contributed by atoms with Gasteiger partial charge < -0.3 is 14.8 Å². The van der Waals surface area contributed by atoms with Crippen LogP contribution in [0.1, 0.15) is 19.4 Å². The number of fused-ring (bicyclic) bond motifs is 1. The minimum absolute atomic E-state index is 0.121. The lowest BCUT2D eigenvalue weighted by Gasteiger charge is -2.30. The van der Waals surface area contributed by atoms with Crippen LogP contribution in [0, 0.1) is 5.92 Å². The molecule has 1 saturated heterocycles. The second-order valence-corrected chi connectivity index (χ2v) is 7.78. The Bertz CT molecular complexity index is 847. The zero-order valence-corrected chi connectivity index (χ0v) is 15.4. The van der Waals surface area contributed by atoms with Crippen LogP contribution < -0.4 is 10.0 Å². The van der Waals surface area contributed by atoms with Gasteiger partial charge in [-0.1, -0.05) is 56.0 Å². The Morgan fingerprint density at radius 3 is 2.44 bits per heavy atom. The van der Waals surface area contributed by atoms with Gasteiger partial charge >= 0.3 is 0 Å². The smallest absolute Gasteiger partial charge is 0.267 e. The first-order valence-electron chi connectivity index (χ1n) is 7.63. The van der Waals surface area contributed by atoms with Crippen LogP contribution in [-0.2, 0) is 14.4 Å². The number of carbonyl (C=O) groups is 3. The molecule has 130 valence electrons. The molecule has 0 radical (unpaired) electrons. The van der Waals surface area contributed by atoms with Gasteiger partial charge in [-0.05, 0) is 12.0 Å². The summed E-state index contributed by atoms with van der Waals surface area (Å²) in [6.07, 6.45) is 0. The lowest BCUT2D eigenvalue weighted by Crippen LogP contribution is -2.52. The average Bonchev–Trinajstić information content (AvgIpc) is 2.96. The molecule has 2 heterocycles. The first-order chi connectivity index (χ1) is 11.8. The van der Waals surface area contributed by atoms with Gasteiger partial charge in [-0.15, -0.1) is 0 Å². The van der Waals surface area contributed by atoms with E-state index in [9.17, 15) is 19.5 Å². The highest BCUT2D eigenvalue weighted by Crippen LogP contribution is 2.44. The van der Waals surface area contributed by atoms with E-state index in [1.54, 1.807) is 39.1 Å². The summed E-state index contributed by atoms with van der Waals surface area (Å²) >= 11 is 6.19. The number of thioether (sulfide) groups is 1. The number of carboxylic acids is 1. The molecule has 1 aromatic rings. The fraction of sp³-hybridized carbons (Fsp3) is 0.294. The Morgan fingerprint density at radius 2 is 1.84 bits per heavy atom. The van der Waals surface area contributed by atoms with E-state index in [0.717, 1.165) is 16.7 Å². The van der Waals surface area contributed by atoms with Crippen molar-refractivity contribution in [1.82, 2.24) is 4.90 Å². The summed E-state index contributed by atoms with van der Waals surface area (Å²) in [6.45, 7) is 3.35. The maximum atomic E-state index is 12.9. The number of nitrogens with zero attached hydrogens (tertiary/aromatic N) is 2. The first-order valence-corrected chi connectivity index (χ1v) is 8.86. The molecule has 2 aliphatic heterocycles. The third-order valence-corrected chi connectivity index (χ3v) is 5.63. The summed E-state index contributed by atoms with van der Waals surface area (Å²) in [7, 11) is 1.63. The topological polar surface area (TPSA) is 80.7 Å². The van der Waals surface area contributed by atoms with E-state index in [0.29, 0.717) is 11.3 Å². The summed E-state index contributed by atoms with van der Waals surface area (Å²) in [5.74, 6) is -2.62. The van der Waals surface area contributed by atoms with Crippen LogP contribution in [0.5, 0.6) is 0 Å². The molecule has 8 heteroatoms. The number of carbonyl (C=O) groups excluding carboxylic acids is 3. The Labute approximate surface area is 154 Å². The van der Waals surface area contributed by atoms with Crippen LogP contribution in [0.4, 0.5) is 5.69 Å². The highest BCUT2D eigenvalue weighted by molar-refractivity contribution is 8.26. The van der Waals surface area contributed by atoms with Crippen molar-refractivity contribution in [3.05, 3.63) is 34.7 Å². The maximum absolute atomic E-state index is 12.9. The third-order valence-electron chi connectivity index (χ3n) is 4.23. The van der Waals surface area contributed by atoms with E-state index in [1.165, 1.54) is 4.90 Å². The Morgan fingerprint density at radius 1 is 1.20 bits per heavy atom. The molecule has 25 heavy (non-hydrogen) atoms. The van der Waals surface area contributed by atoms with Gasteiger partial charge in [0.05, 0.1) is 28.2 Å².